The Morgan fingerprint density at radius 1 is 1.00 bits per heavy atom. The number of nitrogens with zero attached hydrogens (tertiary/aromatic N) is 3. The summed E-state index contributed by atoms with van der Waals surface area (Å²) in [6, 6.07) is 0.922. The SMILES string of the molecule is CCC(C)N1CCN(C(=O)N2CCCC2)CC1. The van der Waals surface area contributed by atoms with Gasteiger partial charge in [0.25, 0.3) is 0 Å². The Balaban J connectivity index is 1.80. The fraction of sp³-hybridized carbons (Fsp3) is 0.923. The molecule has 2 saturated heterocycles. The molecular formula is C13H25N3O. The first-order chi connectivity index (χ1) is 8.22. The molecule has 0 aromatic heterocycles. The molecule has 2 amide bonds. The van der Waals surface area contributed by atoms with Crippen LogP contribution in [0.1, 0.15) is 33.1 Å². The Morgan fingerprint density at radius 2 is 1.53 bits per heavy atom. The van der Waals surface area contributed by atoms with Gasteiger partial charge in [0, 0.05) is 45.3 Å². The second-order valence-electron chi connectivity index (χ2n) is 5.26. The zero-order chi connectivity index (χ0) is 12.3. The van der Waals surface area contributed by atoms with Crippen LogP contribution >= 0.6 is 0 Å². The smallest absolute Gasteiger partial charge is 0.320 e. The Hall–Kier alpha value is -0.770. The lowest BCUT2D eigenvalue weighted by atomic mass is 10.2. The van der Waals surface area contributed by atoms with Crippen LogP contribution in [0.3, 0.4) is 0 Å². The van der Waals surface area contributed by atoms with Crippen molar-refractivity contribution >= 4 is 6.03 Å². The first-order valence-corrected chi connectivity index (χ1v) is 7.00. The molecule has 2 fully saturated rings. The summed E-state index contributed by atoms with van der Waals surface area (Å²) >= 11 is 0. The second-order valence-corrected chi connectivity index (χ2v) is 5.26. The summed E-state index contributed by atoms with van der Waals surface area (Å²) in [6.07, 6.45) is 3.55. The van der Waals surface area contributed by atoms with Crippen LogP contribution in [0.15, 0.2) is 0 Å². The molecule has 0 aromatic rings. The van der Waals surface area contributed by atoms with Gasteiger partial charge in [-0.2, -0.15) is 0 Å². The van der Waals surface area contributed by atoms with Gasteiger partial charge in [0.05, 0.1) is 0 Å². The highest BCUT2D eigenvalue weighted by atomic mass is 16.2. The highest BCUT2D eigenvalue weighted by molar-refractivity contribution is 5.74. The summed E-state index contributed by atoms with van der Waals surface area (Å²) in [5.74, 6) is 0. The number of urea groups is 1. The van der Waals surface area contributed by atoms with Crippen LogP contribution in [0, 0.1) is 0 Å². The lowest BCUT2D eigenvalue weighted by molar-refractivity contribution is 0.0976. The average molecular weight is 239 g/mol. The van der Waals surface area contributed by atoms with Gasteiger partial charge in [-0.15, -0.1) is 0 Å². The predicted molar refractivity (Wildman–Crippen MR) is 69.1 cm³/mol. The van der Waals surface area contributed by atoms with E-state index in [4.69, 9.17) is 0 Å². The van der Waals surface area contributed by atoms with Crippen molar-refractivity contribution in [1.29, 1.82) is 0 Å². The summed E-state index contributed by atoms with van der Waals surface area (Å²) in [4.78, 5) is 18.7. The molecule has 2 rings (SSSR count). The zero-order valence-electron chi connectivity index (χ0n) is 11.2. The molecule has 2 heterocycles. The van der Waals surface area contributed by atoms with E-state index in [0.29, 0.717) is 6.04 Å². The van der Waals surface area contributed by atoms with Crippen molar-refractivity contribution < 1.29 is 4.79 Å². The molecule has 98 valence electrons. The Bertz CT molecular complexity index is 255. The van der Waals surface area contributed by atoms with Gasteiger partial charge in [0.2, 0.25) is 0 Å². The van der Waals surface area contributed by atoms with Crippen molar-refractivity contribution in [3.8, 4) is 0 Å². The molecule has 0 radical (unpaired) electrons. The molecule has 2 aliphatic rings. The van der Waals surface area contributed by atoms with Crippen LogP contribution < -0.4 is 0 Å². The predicted octanol–water partition coefficient (Wildman–Crippen LogP) is 1.62. The van der Waals surface area contributed by atoms with Crippen LogP contribution in [0.5, 0.6) is 0 Å². The largest absolute Gasteiger partial charge is 0.325 e. The molecule has 0 aromatic carbocycles. The van der Waals surface area contributed by atoms with E-state index in [1.807, 2.05) is 9.80 Å². The standard InChI is InChI=1S/C13H25N3O/c1-3-12(2)14-8-10-16(11-9-14)13(17)15-6-4-5-7-15/h12H,3-11H2,1-2H3. The van der Waals surface area contributed by atoms with Crippen molar-refractivity contribution in [3.05, 3.63) is 0 Å². The molecule has 4 heteroatoms. The number of hydrogen-bond donors (Lipinski definition) is 0. The Morgan fingerprint density at radius 3 is 2.06 bits per heavy atom. The van der Waals surface area contributed by atoms with E-state index in [-0.39, 0.29) is 6.03 Å². The van der Waals surface area contributed by atoms with Gasteiger partial charge >= 0.3 is 6.03 Å². The first-order valence-electron chi connectivity index (χ1n) is 7.00. The van der Waals surface area contributed by atoms with Gasteiger partial charge in [0.15, 0.2) is 0 Å². The fourth-order valence-electron chi connectivity index (χ4n) is 2.72. The van der Waals surface area contributed by atoms with Gasteiger partial charge in [0.1, 0.15) is 0 Å². The van der Waals surface area contributed by atoms with Crippen molar-refractivity contribution in [2.24, 2.45) is 0 Å². The van der Waals surface area contributed by atoms with Gasteiger partial charge in [-0.25, -0.2) is 4.79 Å². The van der Waals surface area contributed by atoms with E-state index in [1.165, 1.54) is 19.3 Å². The highest BCUT2D eigenvalue weighted by Crippen LogP contribution is 2.14. The summed E-state index contributed by atoms with van der Waals surface area (Å²) in [5.41, 5.74) is 0. The van der Waals surface area contributed by atoms with E-state index in [9.17, 15) is 4.79 Å². The summed E-state index contributed by atoms with van der Waals surface area (Å²) in [6.45, 7) is 10.3. The molecule has 0 spiro atoms. The fourth-order valence-corrected chi connectivity index (χ4v) is 2.72. The van der Waals surface area contributed by atoms with Crippen LogP contribution in [-0.4, -0.2) is 66.0 Å². The van der Waals surface area contributed by atoms with Crippen molar-refractivity contribution in [1.82, 2.24) is 14.7 Å². The number of rotatable bonds is 2. The average Bonchev–Trinajstić information content (AvgIpc) is 2.91. The van der Waals surface area contributed by atoms with E-state index in [1.54, 1.807) is 0 Å². The minimum absolute atomic E-state index is 0.270. The highest BCUT2D eigenvalue weighted by Gasteiger charge is 2.27. The lowest BCUT2D eigenvalue weighted by Gasteiger charge is -2.39. The van der Waals surface area contributed by atoms with Crippen LogP contribution in [-0.2, 0) is 0 Å². The van der Waals surface area contributed by atoms with Crippen LogP contribution in [0.4, 0.5) is 4.79 Å². The molecule has 4 nitrogen and oxygen atoms in total. The molecule has 0 saturated carbocycles. The van der Waals surface area contributed by atoms with E-state index in [2.05, 4.69) is 18.7 Å². The summed E-state index contributed by atoms with van der Waals surface area (Å²) < 4.78 is 0. The normalized spacial score (nSPS) is 24.1. The van der Waals surface area contributed by atoms with Crippen molar-refractivity contribution in [3.63, 3.8) is 0 Å². The molecule has 2 aliphatic heterocycles. The number of carbonyl (C=O) groups is 1. The van der Waals surface area contributed by atoms with Crippen LogP contribution in [0.2, 0.25) is 0 Å². The molecule has 0 aliphatic carbocycles. The number of likely N-dealkylation sites (tertiary alicyclic amines) is 1. The monoisotopic (exact) mass is 239 g/mol. The van der Waals surface area contributed by atoms with Gasteiger partial charge in [-0.1, -0.05) is 6.92 Å². The number of amides is 2. The first kappa shape index (κ1) is 12.7. The van der Waals surface area contributed by atoms with Crippen LogP contribution in [0.25, 0.3) is 0 Å². The Kier molecular flexibility index (Phi) is 4.26. The third-order valence-corrected chi connectivity index (χ3v) is 4.18. The molecule has 0 N–H and O–H groups in total. The van der Waals surface area contributed by atoms with E-state index < -0.39 is 0 Å². The summed E-state index contributed by atoms with van der Waals surface area (Å²) in [5, 5.41) is 0. The van der Waals surface area contributed by atoms with Gasteiger partial charge in [-0.05, 0) is 26.2 Å². The lowest BCUT2D eigenvalue weighted by Crippen LogP contribution is -2.54. The molecule has 1 unspecified atom stereocenters. The molecular weight excluding hydrogens is 214 g/mol. The third kappa shape index (κ3) is 2.92. The van der Waals surface area contributed by atoms with E-state index in [0.717, 1.165) is 39.3 Å². The maximum absolute atomic E-state index is 12.2. The number of hydrogen-bond acceptors (Lipinski definition) is 2. The van der Waals surface area contributed by atoms with Gasteiger partial charge in [-0.3, -0.25) is 4.90 Å². The molecule has 0 bridgehead atoms. The third-order valence-electron chi connectivity index (χ3n) is 4.18. The van der Waals surface area contributed by atoms with Crippen molar-refractivity contribution in [2.75, 3.05) is 39.3 Å². The molecule has 17 heavy (non-hydrogen) atoms. The van der Waals surface area contributed by atoms with E-state index >= 15 is 0 Å². The zero-order valence-corrected chi connectivity index (χ0v) is 11.2. The van der Waals surface area contributed by atoms with Gasteiger partial charge < -0.3 is 9.80 Å². The maximum Gasteiger partial charge on any atom is 0.320 e. The number of piperazine rings is 1. The quantitative estimate of drug-likeness (QED) is 0.732. The van der Waals surface area contributed by atoms with Crippen molar-refractivity contribution in [2.45, 2.75) is 39.2 Å². The molecule has 1 atom stereocenters. The Labute approximate surface area is 105 Å². The maximum atomic E-state index is 12.2. The minimum Gasteiger partial charge on any atom is -0.325 e. The number of carbonyl (C=O) groups excluding carboxylic acids is 1. The minimum atomic E-state index is 0.270. The summed E-state index contributed by atoms with van der Waals surface area (Å²) in [7, 11) is 0. The topological polar surface area (TPSA) is 26.8 Å². The second kappa shape index (κ2) is 5.71.